The van der Waals surface area contributed by atoms with Crippen LogP contribution < -0.4 is 16.0 Å². The van der Waals surface area contributed by atoms with Crippen molar-refractivity contribution in [2.24, 2.45) is 5.41 Å². The number of amides is 3. The van der Waals surface area contributed by atoms with Gasteiger partial charge in [-0.05, 0) is 129 Å². The van der Waals surface area contributed by atoms with Crippen LogP contribution in [0, 0.1) is 5.41 Å². The first-order valence-electron chi connectivity index (χ1n) is 23.8. The molecule has 3 N–H and O–H groups in total. The third-order valence-electron chi connectivity index (χ3n) is 10.7. The van der Waals surface area contributed by atoms with Gasteiger partial charge in [-0.15, -0.1) is 0 Å². The molecule has 0 heterocycles. The molecule has 0 unspecified atom stereocenters. The van der Waals surface area contributed by atoms with E-state index in [0.717, 1.165) is 6.42 Å². The van der Waals surface area contributed by atoms with E-state index in [9.17, 15) is 28.8 Å². The van der Waals surface area contributed by atoms with Gasteiger partial charge in [0.2, 0.25) is 0 Å². The number of carbonyl (C=O) groups excluding carboxylic acids is 6. The average Bonchev–Trinajstić information content (AvgIpc) is 3.17. The smallest absolute Gasteiger partial charge is 0.407 e. The highest BCUT2D eigenvalue weighted by Gasteiger charge is 2.44. The van der Waals surface area contributed by atoms with Crippen molar-refractivity contribution >= 4 is 36.2 Å². The van der Waals surface area contributed by atoms with Crippen LogP contribution in [0.4, 0.5) is 14.4 Å². The first-order chi connectivity index (χ1) is 31.5. The first-order valence-corrected chi connectivity index (χ1v) is 23.8. The number of hydrogen-bond donors (Lipinski definition) is 3. The van der Waals surface area contributed by atoms with Gasteiger partial charge in [0.25, 0.3) is 0 Å². The Morgan fingerprint density at radius 1 is 0.391 bits per heavy atom. The number of carbonyl (C=O) groups is 6. The third kappa shape index (κ3) is 30.5. The molecular weight excluding hydrogens is 895 g/mol. The van der Waals surface area contributed by atoms with Crippen LogP contribution in [-0.2, 0) is 57.0 Å². The third-order valence-corrected chi connectivity index (χ3v) is 10.7. The Kier molecular flexibility index (Phi) is 26.9. The summed E-state index contributed by atoms with van der Waals surface area (Å²) in [6.45, 7) is 41.4. The standard InChI is InChI=1S/C51H89N3O15/c1-20-51(33-48(14,15)64-27-21-45(8,9)67-42(58)52-24-30-61-39(55)36(2)3,34-49(16,17)65-28-22-46(10,11)68-43(59)53-25-31-62-40(56)37(4)5)35-50(18,19)66-29-23-47(12,13)69-44(60)54-26-32-63-41(57)38(6)7/h2,4,6,20-35H2,1,3,5,7-19H3,(H,52,58)(H,53,59)(H,54,60). The number of esters is 3. The monoisotopic (exact) mass is 984 g/mol. The van der Waals surface area contributed by atoms with Crippen molar-refractivity contribution in [1.29, 1.82) is 0 Å². The highest BCUT2D eigenvalue weighted by atomic mass is 16.6. The lowest BCUT2D eigenvalue weighted by molar-refractivity contribution is -0.139. The van der Waals surface area contributed by atoms with E-state index in [2.05, 4.69) is 42.6 Å². The zero-order valence-electron chi connectivity index (χ0n) is 45.1. The summed E-state index contributed by atoms with van der Waals surface area (Å²) in [7, 11) is 0. The molecule has 0 spiro atoms. The molecule has 0 atom stereocenters. The van der Waals surface area contributed by atoms with Crippen molar-refractivity contribution in [2.75, 3.05) is 59.3 Å². The molecule has 0 bridgehead atoms. The SMILES string of the molecule is C=C(C)C(=O)OCCNC(=O)OC(C)(C)CCOC(C)(C)CC(CC)(CC(C)(C)OCCC(C)(C)OC(=O)NCCOC(=O)C(=C)C)CC(C)(C)OCCC(C)(C)OC(=O)NCCOC(=O)C(=C)C. The Labute approximate surface area is 413 Å². The minimum absolute atomic E-state index is 0.0182. The van der Waals surface area contributed by atoms with Gasteiger partial charge in [-0.25, -0.2) is 28.8 Å². The van der Waals surface area contributed by atoms with E-state index in [0.29, 0.717) is 38.5 Å². The number of ether oxygens (including phenoxy) is 9. The summed E-state index contributed by atoms with van der Waals surface area (Å²) in [6, 6.07) is 0. The van der Waals surface area contributed by atoms with Crippen LogP contribution in [0.25, 0.3) is 0 Å². The molecule has 0 aliphatic carbocycles. The Balaban J connectivity index is 5.97. The zero-order valence-corrected chi connectivity index (χ0v) is 45.1. The predicted molar refractivity (Wildman–Crippen MR) is 264 cm³/mol. The summed E-state index contributed by atoms with van der Waals surface area (Å²) in [5, 5.41) is 7.80. The van der Waals surface area contributed by atoms with Gasteiger partial charge in [-0.3, -0.25) is 0 Å². The molecule has 0 rings (SSSR count). The molecule has 398 valence electrons. The molecule has 0 saturated heterocycles. The van der Waals surface area contributed by atoms with E-state index in [1.807, 2.05) is 41.5 Å². The molecule has 0 fully saturated rings. The lowest BCUT2D eigenvalue weighted by Gasteiger charge is -2.47. The predicted octanol–water partition coefficient (Wildman–Crippen LogP) is 8.98. The van der Waals surface area contributed by atoms with Gasteiger partial charge in [-0.1, -0.05) is 33.1 Å². The Bertz CT molecular complexity index is 1540. The Hall–Kier alpha value is -4.68. The summed E-state index contributed by atoms with van der Waals surface area (Å²) in [5.74, 6) is -1.61. The number of rotatable bonds is 34. The summed E-state index contributed by atoms with van der Waals surface area (Å²) >= 11 is 0. The van der Waals surface area contributed by atoms with E-state index in [4.69, 9.17) is 42.6 Å². The Morgan fingerprint density at radius 3 is 0.826 bits per heavy atom. The van der Waals surface area contributed by atoms with Crippen LogP contribution in [0.5, 0.6) is 0 Å². The minimum atomic E-state index is -0.878. The summed E-state index contributed by atoms with van der Waals surface area (Å²) in [5.41, 5.74) is -4.23. The van der Waals surface area contributed by atoms with Crippen molar-refractivity contribution in [2.45, 2.75) is 189 Å². The van der Waals surface area contributed by atoms with Crippen LogP contribution in [0.3, 0.4) is 0 Å². The summed E-state index contributed by atoms with van der Waals surface area (Å²) in [6.07, 6.45) is 1.81. The van der Waals surface area contributed by atoms with Crippen molar-refractivity contribution in [3.63, 3.8) is 0 Å². The molecule has 0 saturated carbocycles. The molecule has 0 aromatic heterocycles. The molecule has 18 heteroatoms. The molecular formula is C51H89N3O15. The molecule has 0 aliphatic heterocycles. The van der Waals surface area contributed by atoms with Gasteiger partial charge in [0.05, 0.1) is 56.3 Å². The first kappa shape index (κ1) is 64.3. The maximum Gasteiger partial charge on any atom is 0.407 e. The van der Waals surface area contributed by atoms with Gasteiger partial charge in [0.15, 0.2) is 0 Å². The molecule has 3 amide bonds. The lowest BCUT2D eigenvalue weighted by Crippen LogP contribution is -2.45. The molecule has 69 heavy (non-hydrogen) atoms. The second kappa shape index (κ2) is 28.9. The van der Waals surface area contributed by atoms with Crippen LogP contribution in [0.2, 0.25) is 0 Å². The van der Waals surface area contributed by atoms with Gasteiger partial charge in [-0.2, -0.15) is 0 Å². The Morgan fingerprint density at radius 2 is 0.623 bits per heavy atom. The highest BCUT2D eigenvalue weighted by molar-refractivity contribution is 5.87. The normalized spacial score (nSPS) is 12.5. The maximum atomic E-state index is 12.6. The van der Waals surface area contributed by atoms with E-state index in [-0.39, 0.29) is 76.0 Å². The quantitative estimate of drug-likeness (QED) is 0.0237. The fourth-order valence-corrected chi connectivity index (χ4v) is 7.42. The zero-order chi connectivity index (χ0) is 53.5. The molecule has 0 aromatic rings. The fraction of sp³-hybridized carbons (Fsp3) is 0.765. The highest BCUT2D eigenvalue weighted by Crippen LogP contribution is 2.48. The van der Waals surface area contributed by atoms with Gasteiger partial charge in [0, 0.05) is 36.0 Å². The van der Waals surface area contributed by atoms with Crippen LogP contribution >= 0.6 is 0 Å². The van der Waals surface area contributed by atoms with Gasteiger partial charge in [0.1, 0.15) is 36.6 Å². The number of hydrogen-bond acceptors (Lipinski definition) is 15. The molecule has 0 aliphatic rings. The van der Waals surface area contributed by atoms with Crippen LogP contribution in [-0.4, -0.2) is 129 Å². The van der Waals surface area contributed by atoms with Crippen molar-refractivity contribution in [1.82, 2.24) is 16.0 Å². The van der Waals surface area contributed by atoms with E-state index < -0.39 is 75.2 Å². The second-order valence-electron chi connectivity index (χ2n) is 21.4. The molecule has 0 radical (unpaired) electrons. The second-order valence-corrected chi connectivity index (χ2v) is 21.4. The fourth-order valence-electron chi connectivity index (χ4n) is 7.42. The molecule has 0 aromatic carbocycles. The van der Waals surface area contributed by atoms with Crippen molar-refractivity contribution < 1.29 is 71.4 Å². The maximum absolute atomic E-state index is 12.6. The van der Waals surface area contributed by atoms with Gasteiger partial charge < -0.3 is 58.6 Å². The van der Waals surface area contributed by atoms with Gasteiger partial charge >= 0.3 is 36.2 Å². The number of nitrogens with one attached hydrogen (secondary N) is 3. The topological polar surface area (TPSA) is 222 Å². The van der Waals surface area contributed by atoms with E-state index in [1.54, 1.807) is 62.3 Å². The minimum Gasteiger partial charge on any atom is -0.460 e. The average molecular weight is 984 g/mol. The van der Waals surface area contributed by atoms with E-state index >= 15 is 0 Å². The van der Waals surface area contributed by atoms with Crippen LogP contribution in [0.15, 0.2) is 36.5 Å². The summed E-state index contributed by atoms with van der Waals surface area (Å²) < 4.78 is 51.9. The lowest BCUT2D eigenvalue weighted by atomic mass is 9.65. The summed E-state index contributed by atoms with van der Waals surface area (Å²) in [4.78, 5) is 72.6. The van der Waals surface area contributed by atoms with Crippen molar-refractivity contribution in [3.8, 4) is 0 Å². The van der Waals surface area contributed by atoms with E-state index in [1.165, 1.54) is 0 Å². The number of alkyl carbamates (subject to hydrolysis) is 3. The van der Waals surface area contributed by atoms with Crippen LogP contribution in [0.1, 0.15) is 156 Å². The largest absolute Gasteiger partial charge is 0.460 e. The molecule has 18 nitrogen and oxygen atoms in total. The van der Waals surface area contributed by atoms with Crippen molar-refractivity contribution in [3.05, 3.63) is 36.5 Å².